The number of amides is 2. The molecule has 0 spiro atoms. The Hall–Kier alpha value is -3.99. The lowest BCUT2D eigenvalue weighted by Gasteiger charge is -2.09. The Morgan fingerprint density at radius 2 is 2.00 bits per heavy atom. The van der Waals surface area contributed by atoms with Crippen molar-refractivity contribution in [2.75, 3.05) is 17.2 Å². The number of hydrogen-bond donors (Lipinski definition) is 2. The third-order valence-corrected chi connectivity index (χ3v) is 7.03. The van der Waals surface area contributed by atoms with Crippen LogP contribution in [0, 0.1) is 22.7 Å². The SMILES string of the molecule is N#C/C(=C\c1ccccc1OCC(=O)Nc1nccs1)C(=O)Nc1sc2c(c1C#N)CCCC2. The normalized spacial score (nSPS) is 12.7. The smallest absolute Gasteiger partial charge is 0.266 e. The predicted octanol–water partition coefficient (Wildman–Crippen LogP) is 4.52. The van der Waals surface area contributed by atoms with Gasteiger partial charge in [0.1, 0.15) is 28.5 Å². The Morgan fingerprint density at radius 1 is 1.18 bits per heavy atom. The maximum Gasteiger partial charge on any atom is 0.266 e. The van der Waals surface area contributed by atoms with Crippen LogP contribution < -0.4 is 15.4 Å². The van der Waals surface area contributed by atoms with Gasteiger partial charge in [0.25, 0.3) is 11.8 Å². The monoisotopic (exact) mass is 489 g/mol. The third kappa shape index (κ3) is 5.31. The van der Waals surface area contributed by atoms with Crippen LogP contribution >= 0.6 is 22.7 Å². The van der Waals surface area contributed by atoms with Crippen molar-refractivity contribution in [3.05, 3.63) is 63.0 Å². The summed E-state index contributed by atoms with van der Waals surface area (Å²) in [4.78, 5) is 30.1. The summed E-state index contributed by atoms with van der Waals surface area (Å²) in [6.07, 6.45) is 6.80. The van der Waals surface area contributed by atoms with Crippen LogP contribution in [-0.2, 0) is 22.4 Å². The summed E-state index contributed by atoms with van der Waals surface area (Å²) in [5.74, 6) is -0.631. The van der Waals surface area contributed by atoms with Crippen LogP contribution in [0.4, 0.5) is 10.1 Å². The number of aromatic nitrogens is 1. The van der Waals surface area contributed by atoms with E-state index in [9.17, 15) is 20.1 Å². The zero-order valence-electron chi connectivity index (χ0n) is 18.0. The van der Waals surface area contributed by atoms with Gasteiger partial charge < -0.3 is 10.1 Å². The van der Waals surface area contributed by atoms with Crippen molar-refractivity contribution in [3.63, 3.8) is 0 Å². The van der Waals surface area contributed by atoms with Crippen molar-refractivity contribution < 1.29 is 14.3 Å². The number of carbonyl (C=O) groups is 2. The van der Waals surface area contributed by atoms with Gasteiger partial charge in [0, 0.05) is 22.0 Å². The largest absolute Gasteiger partial charge is 0.483 e. The summed E-state index contributed by atoms with van der Waals surface area (Å²) in [5.41, 5.74) is 1.83. The van der Waals surface area contributed by atoms with Crippen LogP contribution in [0.5, 0.6) is 5.75 Å². The fourth-order valence-electron chi connectivity index (χ4n) is 3.56. The standard InChI is InChI=1S/C24H19N5O3S2/c25-12-16(22(31)29-23-18(13-26)17-6-2-4-8-20(17)34-23)11-15-5-1-3-7-19(15)32-14-21(30)28-24-27-9-10-33-24/h1,3,5,7,9-11H,2,4,6,8,14H2,(H,29,31)(H,27,28,30)/b16-11+. The molecule has 10 heteroatoms. The van der Waals surface area contributed by atoms with E-state index in [0.717, 1.165) is 36.1 Å². The first-order chi connectivity index (χ1) is 16.6. The topological polar surface area (TPSA) is 128 Å². The van der Waals surface area contributed by atoms with Gasteiger partial charge in [0.2, 0.25) is 0 Å². The number of fused-ring (bicyclic) bond motifs is 1. The number of anilines is 2. The predicted molar refractivity (Wildman–Crippen MR) is 131 cm³/mol. The highest BCUT2D eigenvalue weighted by Gasteiger charge is 2.23. The Labute approximate surface area is 204 Å². The number of nitriles is 2. The number of carbonyl (C=O) groups excluding carboxylic acids is 2. The average molecular weight is 490 g/mol. The zero-order valence-corrected chi connectivity index (χ0v) is 19.6. The molecule has 3 aromatic rings. The van der Waals surface area contributed by atoms with E-state index in [4.69, 9.17) is 4.74 Å². The van der Waals surface area contributed by atoms with Gasteiger partial charge in [-0.3, -0.25) is 14.9 Å². The second-order valence-electron chi connectivity index (χ2n) is 7.36. The first kappa shape index (κ1) is 23.2. The Bertz CT molecular complexity index is 1330. The molecule has 34 heavy (non-hydrogen) atoms. The number of thiophene rings is 1. The first-order valence-corrected chi connectivity index (χ1v) is 12.2. The fourth-order valence-corrected chi connectivity index (χ4v) is 5.34. The fraction of sp³-hybridized carbons (Fsp3) is 0.208. The summed E-state index contributed by atoms with van der Waals surface area (Å²) in [6, 6.07) is 10.9. The number of rotatable bonds is 7. The molecule has 0 aliphatic heterocycles. The molecule has 8 nitrogen and oxygen atoms in total. The molecule has 0 radical (unpaired) electrons. The van der Waals surface area contributed by atoms with Crippen LogP contribution in [0.3, 0.4) is 0 Å². The van der Waals surface area contributed by atoms with E-state index in [1.54, 1.807) is 35.8 Å². The van der Waals surface area contributed by atoms with Gasteiger partial charge in [-0.05, 0) is 43.4 Å². The van der Waals surface area contributed by atoms with E-state index in [1.807, 2.05) is 6.07 Å². The average Bonchev–Trinajstić information content (AvgIpc) is 3.48. The van der Waals surface area contributed by atoms with Gasteiger partial charge in [-0.25, -0.2) is 4.98 Å². The summed E-state index contributed by atoms with van der Waals surface area (Å²) in [7, 11) is 0. The number of nitrogens with zero attached hydrogens (tertiary/aromatic N) is 3. The lowest BCUT2D eigenvalue weighted by molar-refractivity contribution is -0.118. The van der Waals surface area contributed by atoms with Crippen LogP contribution in [0.2, 0.25) is 0 Å². The van der Waals surface area contributed by atoms with Crippen LogP contribution in [-0.4, -0.2) is 23.4 Å². The number of benzene rings is 1. The second-order valence-corrected chi connectivity index (χ2v) is 9.36. The molecule has 0 saturated carbocycles. The molecule has 0 bridgehead atoms. The molecule has 0 atom stereocenters. The van der Waals surface area contributed by atoms with Gasteiger partial charge in [0.05, 0.1) is 5.56 Å². The van der Waals surface area contributed by atoms with E-state index >= 15 is 0 Å². The molecule has 0 fully saturated rings. The lowest BCUT2D eigenvalue weighted by atomic mass is 9.96. The van der Waals surface area contributed by atoms with Gasteiger partial charge in [0.15, 0.2) is 11.7 Å². The maximum atomic E-state index is 12.9. The first-order valence-electron chi connectivity index (χ1n) is 10.5. The highest BCUT2D eigenvalue weighted by molar-refractivity contribution is 7.16. The molecule has 1 aromatic carbocycles. The minimum Gasteiger partial charge on any atom is -0.483 e. The van der Waals surface area contributed by atoms with Crippen molar-refractivity contribution in [2.24, 2.45) is 0 Å². The zero-order chi connectivity index (χ0) is 23.9. The van der Waals surface area contributed by atoms with E-state index in [-0.39, 0.29) is 18.1 Å². The number of hydrogen-bond acceptors (Lipinski definition) is 8. The minimum atomic E-state index is -0.603. The molecule has 1 aliphatic carbocycles. The molecule has 2 amide bonds. The van der Waals surface area contributed by atoms with Gasteiger partial charge in [-0.15, -0.1) is 22.7 Å². The number of nitrogens with one attached hydrogen (secondary N) is 2. The highest BCUT2D eigenvalue weighted by Crippen LogP contribution is 2.37. The number of ether oxygens (including phenoxy) is 1. The van der Waals surface area contributed by atoms with Crippen molar-refractivity contribution in [3.8, 4) is 17.9 Å². The molecular weight excluding hydrogens is 470 g/mol. The number of thiazole rings is 1. The highest BCUT2D eigenvalue weighted by atomic mass is 32.1. The summed E-state index contributed by atoms with van der Waals surface area (Å²) in [6.45, 7) is -0.259. The summed E-state index contributed by atoms with van der Waals surface area (Å²) in [5, 5.41) is 27.3. The van der Waals surface area contributed by atoms with Crippen molar-refractivity contribution in [1.29, 1.82) is 10.5 Å². The van der Waals surface area contributed by atoms with Crippen LogP contribution in [0.15, 0.2) is 41.4 Å². The number of para-hydroxylation sites is 1. The van der Waals surface area contributed by atoms with Crippen molar-refractivity contribution in [2.45, 2.75) is 25.7 Å². The molecular formula is C24H19N5O3S2. The minimum absolute atomic E-state index is 0.140. The Balaban J connectivity index is 1.49. The molecule has 0 unspecified atom stereocenters. The lowest BCUT2D eigenvalue weighted by Crippen LogP contribution is -2.20. The Kier molecular flexibility index (Phi) is 7.33. The van der Waals surface area contributed by atoms with E-state index in [2.05, 4.69) is 21.7 Å². The van der Waals surface area contributed by atoms with Crippen molar-refractivity contribution in [1.82, 2.24) is 4.98 Å². The molecule has 4 rings (SSSR count). The van der Waals surface area contributed by atoms with Crippen molar-refractivity contribution >= 4 is 50.7 Å². The van der Waals surface area contributed by atoms with E-state index in [1.165, 1.54) is 28.7 Å². The quantitative estimate of drug-likeness (QED) is 0.371. The molecule has 0 saturated heterocycles. The number of aryl methyl sites for hydroxylation is 1. The van der Waals surface area contributed by atoms with Crippen LogP contribution in [0.1, 0.15) is 34.4 Å². The molecule has 2 N–H and O–H groups in total. The Morgan fingerprint density at radius 3 is 2.76 bits per heavy atom. The van der Waals surface area contributed by atoms with Gasteiger partial charge in [-0.2, -0.15) is 10.5 Å². The van der Waals surface area contributed by atoms with E-state index in [0.29, 0.717) is 27.0 Å². The summed E-state index contributed by atoms with van der Waals surface area (Å²) >= 11 is 2.69. The summed E-state index contributed by atoms with van der Waals surface area (Å²) < 4.78 is 5.62. The van der Waals surface area contributed by atoms with Crippen LogP contribution in [0.25, 0.3) is 6.08 Å². The molecule has 170 valence electrons. The molecule has 2 aromatic heterocycles. The van der Waals surface area contributed by atoms with Gasteiger partial charge in [-0.1, -0.05) is 18.2 Å². The van der Waals surface area contributed by atoms with E-state index < -0.39 is 5.91 Å². The van der Waals surface area contributed by atoms with Gasteiger partial charge >= 0.3 is 0 Å². The third-order valence-electron chi connectivity index (χ3n) is 5.13. The second kappa shape index (κ2) is 10.8. The maximum absolute atomic E-state index is 12.9. The molecule has 1 aliphatic rings. The molecule has 2 heterocycles.